The van der Waals surface area contributed by atoms with E-state index < -0.39 is 0 Å². The summed E-state index contributed by atoms with van der Waals surface area (Å²) in [6, 6.07) is 11.7. The quantitative estimate of drug-likeness (QED) is 0.642. The lowest BCUT2D eigenvalue weighted by Crippen LogP contribution is -2.42. The number of benzene rings is 1. The van der Waals surface area contributed by atoms with Crippen LogP contribution in [0, 0.1) is 0 Å². The van der Waals surface area contributed by atoms with Gasteiger partial charge in [0.1, 0.15) is 5.82 Å². The van der Waals surface area contributed by atoms with Gasteiger partial charge in [-0.3, -0.25) is 10.1 Å². The first kappa shape index (κ1) is 21.6. The molecule has 3 rings (SSSR count). The Kier molecular flexibility index (Phi) is 9.13. The van der Waals surface area contributed by atoms with Gasteiger partial charge in [0.25, 0.3) is 0 Å². The Morgan fingerprint density at radius 1 is 1.36 bits per heavy atom. The second-order valence-corrected chi connectivity index (χ2v) is 6.50. The van der Waals surface area contributed by atoms with Gasteiger partial charge < -0.3 is 11.1 Å². The van der Waals surface area contributed by atoms with Gasteiger partial charge in [-0.1, -0.05) is 18.2 Å². The minimum atomic E-state index is -0.0482. The van der Waals surface area contributed by atoms with Crippen molar-refractivity contribution >= 4 is 48.3 Å². The predicted molar refractivity (Wildman–Crippen MR) is 108 cm³/mol. The minimum absolute atomic E-state index is 0. The number of nitrogens with zero attached hydrogens (tertiary/aromatic N) is 2. The highest BCUT2D eigenvalue weighted by atomic mass is 35.5. The van der Waals surface area contributed by atoms with E-state index in [9.17, 15) is 4.79 Å². The van der Waals surface area contributed by atoms with E-state index >= 15 is 0 Å². The lowest BCUT2D eigenvalue weighted by Gasteiger charge is -2.09. The molecule has 1 saturated heterocycles. The van der Waals surface area contributed by atoms with Gasteiger partial charge in [-0.05, 0) is 25.0 Å². The fourth-order valence-corrected chi connectivity index (χ4v) is 3.45. The van der Waals surface area contributed by atoms with Crippen LogP contribution in [0.3, 0.4) is 0 Å². The van der Waals surface area contributed by atoms with E-state index in [-0.39, 0.29) is 36.8 Å². The van der Waals surface area contributed by atoms with Crippen LogP contribution in [0.25, 0.3) is 5.69 Å². The molecule has 0 spiro atoms. The Bertz CT molecular complexity index is 662. The monoisotopic (exact) mass is 403 g/mol. The number of nitrogens with one attached hydrogen (secondary N) is 2. The van der Waals surface area contributed by atoms with Crippen molar-refractivity contribution in [3.05, 3.63) is 42.1 Å². The van der Waals surface area contributed by atoms with E-state index in [1.807, 2.05) is 36.4 Å². The van der Waals surface area contributed by atoms with Crippen molar-refractivity contribution in [3.8, 4) is 5.69 Å². The summed E-state index contributed by atoms with van der Waals surface area (Å²) in [6.45, 7) is 0.653. The predicted octanol–water partition coefficient (Wildman–Crippen LogP) is 2.01. The van der Waals surface area contributed by atoms with Gasteiger partial charge in [-0.2, -0.15) is 5.10 Å². The number of halogens is 2. The Balaban J connectivity index is 0.00000156. The largest absolute Gasteiger partial charge is 0.384 e. The molecule has 1 aliphatic rings. The number of hydrogen-bond donors (Lipinski definition) is 3. The number of hydrogen-bond acceptors (Lipinski definition) is 5. The van der Waals surface area contributed by atoms with E-state index in [1.165, 1.54) is 0 Å². The van der Waals surface area contributed by atoms with Crippen molar-refractivity contribution in [2.45, 2.75) is 18.9 Å². The number of rotatable bonds is 6. The molecule has 1 aromatic carbocycles. The number of para-hydroxylation sites is 1. The van der Waals surface area contributed by atoms with E-state index in [0.717, 1.165) is 35.9 Å². The molecule has 1 atom stereocenters. The first-order valence-corrected chi connectivity index (χ1v) is 8.88. The van der Waals surface area contributed by atoms with Gasteiger partial charge in [-0.15, -0.1) is 36.6 Å². The SMILES string of the molecule is Cl.Cl.Nc1cc(CCCNC(=O)C2CSCN2)nn1-c1ccccc1. The Morgan fingerprint density at radius 3 is 2.80 bits per heavy atom. The number of aromatic nitrogens is 2. The highest BCUT2D eigenvalue weighted by molar-refractivity contribution is 7.99. The highest BCUT2D eigenvalue weighted by Crippen LogP contribution is 2.15. The maximum Gasteiger partial charge on any atom is 0.238 e. The smallest absolute Gasteiger partial charge is 0.238 e. The van der Waals surface area contributed by atoms with Crippen LogP contribution in [-0.2, 0) is 11.2 Å². The lowest BCUT2D eigenvalue weighted by atomic mass is 10.2. The standard InChI is InChI=1S/C16H21N5OS.2ClH/c17-15-9-12(20-21(15)13-6-2-1-3-7-13)5-4-8-18-16(22)14-10-23-11-19-14;;/h1-3,6-7,9,14,19H,4-5,8,10-11,17H2,(H,18,22);2*1H. The number of carbonyl (C=O) groups excluding carboxylic acids is 1. The maximum absolute atomic E-state index is 11.9. The summed E-state index contributed by atoms with van der Waals surface area (Å²) in [5, 5.41) is 10.7. The summed E-state index contributed by atoms with van der Waals surface area (Å²) < 4.78 is 1.74. The molecular weight excluding hydrogens is 381 g/mol. The summed E-state index contributed by atoms with van der Waals surface area (Å²) in [6.07, 6.45) is 1.63. The van der Waals surface area contributed by atoms with Crippen molar-refractivity contribution < 1.29 is 4.79 Å². The molecule has 0 saturated carbocycles. The molecule has 1 aliphatic heterocycles. The third-order valence-corrected chi connectivity index (χ3v) is 4.67. The second-order valence-electron chi connectivity index (χ2n) is 5.47. The minimum Gasteiger partial charge on any atom is -0.384 e. The molecule has 0 bridgehead atoms. The summed E-state index contributed by atoms with van der Waals surface area (Å²) in [5.74, 6) is 2.42. The molecule has 1 aromatic heterocycles. The maximum atomic E-state index is 11.9. The molecule has 2 aromatic rings. The molecule has 9 heteroatoms. The summed E-state index contributed by atoms with van der Waals surface area (Å²) in [7, 11) is 0. The fraction of sp³-hybridized carbons (Fsp3) is 0.375. The molecule has 6 nitrogen and oxygen atoms in total. The Hall–Kier alpha value is -1.41. The van der Waals surface area contributed by atoms with E-state index in [1.54, 1.807) is 16.4 Å². The molecule has 0 radical (unpaired) electrons. The topological polar surface area (TPSA) is 85.0 Å². The Morgan fingerprint density at radius 2 is 2.12 bits per heavy atom. The normalized spacial score (nSPS) is 15.9. The first-order valence-electron chi connectivity index (χ1n) is 7.73. The average Bonchev–Trinajstić information content (AvgIpc) is 3.22. The third-order valence-electron chi connectivity index (χ3n) is 3.73. The van der Waals surface area contributed by atoms with Crippen molar-refractivity contribution in [2.24, 2.45) is 0 Å². The van der Waals surface area contributed by atoms with Crippen molar-refractivity contribution in [2.75, 3.05) is 23.9 Å². The van der Waals surface area contributed by atoms with Gasteiger partial charge in [0.2, 0.25) is 5.91 Å². The zero-order valence-corrected chi connectivity index (χ0v) is 16.1. The number of nitrogens with two attached hydrogens (primary N) is 1. The van der Waals surface area contributed by atoms with E-state index in [0.29, 0.717) is 12.4 Å². The molecule has 4 N–H and O–H groups in total. The van der Waals surface area contributed by atoms with Crippen LogP contribution in [0.2, 0.25) is 0 Å². The van der Waals surface area contributed by atoms with Crippen LogP contribution in [0.4, 0.5) is 5.82 Å². The number of anilines is 1. The van der Waals surface area contributed by atoms with Gasteiger partial charge >= 0.3 is 0 Å². The summed E-state index contributed by atoms with van der Waals surface area (Å²) in [5.41, 5.74) is 7.92. The van der Waals surface area contributed by atoms with Crippen LogP contribution < -0.4 is 16.4 Å². The van der Waals surface area contributed by atoms with E-state index in [4.69, 9.17) is 5.73 Å². The zero-order valence-electron chi connectivity index (χ0n) is 13.7. The van der Waals surface area contributed by atoms with Gasteiger partial charge in [0, 0.05) is 24.2 Å². The number of amides is 1. The van der Waals surface area contributed by atoms with Crippen molar-refractivity contribution in [3.63, 3.8) is 0 Å². The van der Waals surface area contributed by atoms with Gasteiger partial charge in [-0.25, -0.2) is 4.68 Å². The molecule has 1 amide bonds. The van der Waals surface area contributed by atoms with Crippen LogP contribution in [0.1, 0.15) is 12.1 Å². The van der Waals surface area contributed by atoms with Crippen LogP contribution in [0.15, 0.2) is 36.4 Å². The molecule has 2 heterocycles. The van der Waals surface area contributed by atoms with Gasteiger partial charge in [0.05, 0.1) is 17.4 Å². The van der Waals surface area contributed by atoms with E-state index in [2.05, 4.69) is 15.7 Å². The van der Waals surface area contributed by atoms with Crippen LogP contribution in [0.5, 0.6) is 0 Å². The highest BCUT2D eigenvalue weighted by Gasteiger charge is 2.21. The number of aryl methyl sites for hydroxylation is 1. The molecule has 25 heavy (non-hydrogen) atoms. The molecule has 1 fully saturated rings. The molecule has 1 unspecified atom stereocenters. The number of thioether (sulfide) groups is 1. The lowest BCUT2D eigenvalue weighted by molar-refractivity contribution is -0.122. The van der Waals surface area contributed by atoms with Crippen LogP contribution >= 0.6 is 36.6 Å². The molecule has 138 valence electrons. The van der Waals surface area contributed by atoms with Crippen molar-refractivity contribution in [1.82, 2.24) is 20.4 Å². The van der Waals surface area contributed by atoms with Crippen molar-refractivity contribution in [1.29, 1.82) is 0 Å². The molecule has 0 aliphatic carbocycles. The van der Waals surface area contributed by atoms with Crippen LogP contribution in [-0.4, -0.2) is 39.9 Å². The second kappa shape index (κ2) is 10.6. The average molecular weight is 404 g/mol. The number of nitrogen functional groups attached to an aromatic ring is 1. The fourth-order valence-electron chi connectivity index (χ4n) is 2.51. The number of carbonyl (C=O) groups is 1. The molecular formula is C16H23Cl2N5OS. The van der Waals surface area contributed by atoms with Gasteiger partial charge in [0.15, 0.2) is 0 Å². The zero-order chi connectivity index (χ0) is 16.1. The summed E-state index contributed by atoms with van der Waals surface area (Å²) in [4.78, 5) is 11.9. The third kappa shape index (κ3) is 5.81. The summed E-state index contributed by atoms with van der Waals surface area (Å²) >= 11 is 1.75. The first-order chi connectivity index (χ1) is 11.2. The Labute approximate surface area is 164 Å².